The highest BCUT2D eigenvalue weighted by Gasteiger charge is 2.28. The number of benzene rings is 4. The van der Waals surface area contributed by atoms with E-state index in [1.165, 1.54) is 60.2 Å². The van der Waals surface area contributed by atoms with Crippen molar-refractivity contribution in [2.24, 2.45) is 12.5 Å². The lowest BCUT2D eigenvalue weighted by molar-refractivity contribution is -0.643. The van der Waals surface area contributed by atoms with E-state index in [1.54, 1.807) is 0 Å². The number of pyridine rings is 2. The largest absolute Gasteiger partial charge is 0.307 e. The monoisotopic (exact) mass is 480 g/mol. The first-order valence-electron chi connectivity index (χ1n) is 13.0. The van der Waals surface area contributed by atoms with Gasteiger partial charge in [0.1, 0.15) is 7.05 Å². The summed E-state index contributed by atoms with van der Waals surface area (Å²) in [6, 6.07) is 22.2. The van der Waals surface area contributed by atoms with Crippen molar-refractivity contribution in [1.29, 1.82) is 5.26 Å². The van der Waals surface area contributed by atoms with Crippen molar-refractivity contribution in [3.8, 4) is 6.07 Å². The number of rotatable bonds is 1. The van der Waals surface area contributed by atoms with Crippen LogP contribution < -0.4 is 4.57 Å². The topological polar surface area (TPSA) is 32.1 Å². The number of hydrogen-bond donors (Lipinski definition) is 0. The number of hydrogen-bond acceptors (Lipinski definition) is 1. The minimum Gasteiger partial charge on any atom is -0.307 e. The lowest BCUT2D eigenvalue weighted by Crippen LogP contribution is -2.29. The number of nitriles is 1. The summed E-state index contributed by atoms with van der Waals surface area (Å²) in [7, 11) is 2.17. The molecule has 0 aliphatic carbocycles. The van der Waals surface area contributed by atoms with Gasteiger partial charge in [-0.25, -0.2) is 4.57 Å². The molecule has 180 valence electrons. The average molecular weight is 481 g/mol. The van der Waals surface area contributed by atoms with Crippen LogP contribution in [0.15, 0.2) is 60.8 Å². The second-order valence-corrected chi connectivity index (χ2v) is 12.0. The van der Waals surface area contributed by atoms with Gasteiger partial charge >= 0.3 is 0 Å². The molecule has 0 N–H and O–H groups in total. The molecule has 37 heavy (non-hydrogen) atoms. The summed E-state index contributed by atoms with van der Waals surface area (Å²) in [6.45, 7) is 11.5. The lowest BCUT2D eigenvalue weighted by Gasteiger charge is -2.24. The highest BCUT2D eigenvalue weighted by molar-refractivity contribution is 6.29. The van der Waals surface area contributed by atoms with E-state index in [0.717, 1.165) is 28.3 Å². The molecule has 3 heterocycles. The van der Waals surface area contributed by atoms with Gasteiger partial charge in [0, 0.05) is 16.8 Å². The fraction of sp³-hybridized carbons (Fsp3) is 0.235. The molecule has 0 saturated heterocycles. The van der Waals surface area contributed by atoms with Gasteiger partial charge in [-0.2, -0.15) is 5.26 Å². The zero-order valence-electron chi connectivity index (χ0n) is 22.3. The standard InChI is InChI=1S/C34H30N3/c1-19-10-12-23-25(16-19)20(2)28-32(26(23)17-34(3,4)5)37-27-9-7-8-22(18-35)29(27)24-13-11-21-14-15-36(6)33(28)30(21)31(24)37/h7-16H,17H2,1-6H3/q+1. The summed E-state index contributed by atoms with van der Waals surface area (Å²) in [5.41, 5.74) is 9.69. The molecule has 0 aliphatic heterocycles. The molecule has 7 rings (SSSR count). The number of fused-ring (bicyclic) bond motifs is 7. The molecule has 0 saturated carbocycles. The fourth-order valence-electron chi connectivity index (χ4n) is 6.70. The molecular formula is C34H30N3+. The zero-order valence-corrected chi connectivity index (χ0v) is 22.3. The Morgan fingerprint density at radius 1 is 0.865 bits per heavy atom. The van der Waals surface area contributed by atoms with Gasteiger partial charge in [0.25, 0.3) is 0 Å². The molecule has 3 aromatic heterocycles. The van der Waals surface area contributed by atoms with Crippen LogP contribution in [0.1, 0.15) is 43.0 Å². The molecule has 3 heteroatoms. The van der Waals surface area contributed by atoms with E-state index in [1.807, 2.05) is 12.1 Å². The Labute approximate surface area is 216 Å². The molecule has 0 radical (unpaired) electrons. The van der Waals surface area contributed by atoms with E-state index >= 15 is 0 Å². The first-order valence-corrected chi connectivity index (χ1v) is 13.0. The Kier molecular flexibility index (Phi) is 4.30. The molecule has 4 aromatic carbocycles. The molecule has 0 amide bonds. The second kappa shape index (κ2) is 7.20. The van der Waals surface area contributed by atoms with E-state index < -0.39 is 0 Å². The lowest BCUT2D eigenvalue weighted by atomic mass is 9.83. The maximum absolute atomic E-state index is 10.1. The molecule has 0 fully saturated rings. The van der Waals surface area contributed by atoms with Gasteiger partial charge in [-0.05, 0) is 65.1 Å². The predicted octanol–water partition coefficient (Wildman–Crippen LogP) is 8.04. The third-order valence-electron chi connectivity index (χ3n) is 8.14. The number of aryl methyl sites for hydroxylation is 3. The van der Waals surface area contributed by atoms with Crippen molar-refractivity contribution in [2.45, 2.75) is 41.0 Å². The maximum atomic E-state index is 10.1. The van der Waals surface area contributed by atoms with Crippen molar-refractivity contribution in [3.05, 3.63) is 83.0 Å². The van der Waals surface area contributed by atoms with Crippen molar-refractivity contribution in [3.63, 3.8) is 0 Å². The van der Waals surface area contributed by atoms with Gasteiger partial charge in [-0.15, -0.1) is 0 Å². The molecule has 0 bridgehead atoms. The third-order valence-corrected chi connectivity index (χ3v) is 8.14. The molecule has 0 spiro atoms. The molecule has 0 unspecified atom stereocenters. The molecule has 7 aromatic rings. The van der Waals surface area contributed by atoms with E-state index in [4.69, 9.17) is 0 Å². The van der Waals surface area contributed by atoms with Gasteiger partial charge in [0.05, 0.1) is 39.0 Å². The Hall–Kier alpha value is -4.16. The highest BCUT2D eigenvalue weighted by atomic mass is 15.0. The smallest absolute Gasteiger partial charge is 0.224 e. The second-order valence-electron chi connectivity index (χ2n) is 12.0. The van der Waals surface area contributed by atoms with Crippen LogP contribution in [0.4, 0.5) is 0 Å². The van der Waals surface area contributed by atoms with Crippen LogP contribution in [0, 0.1) is 30.6 Å². The summed E-state index contributed by atoms with van der Waals surface area (Å²) < 4.78 is 4.78. The normalized spacial score (nSPS) is 12.7. The summed E-state index contributed by atoms with van der Waals surface area (Å²) in [6.07, 6.45) is 3.14. The van der Waals surface area contributed by atoms with Crippen molar-refractivity contribution >= 4 is 59.8 Å². The van der Waals surface area contributed by atoms with E-state index in [9.17, 15) is 5.26 Å². The quantitative estimate of drug-likeness (QED) is 0.133. The Morgan fingerprint density at radius 3 is 2.41 bits per heavy atom. The van der Waals surface area contributed by atoms with Crippen LogP contribution >= 0.6 is 0 Å². The van der Waals surface area contributed by atoms with Gasteiger partial charge in [-0.3, -0.25) is 0 Å². The Morgan fingerprint density at radius 2 is 1.65 bits per heavy atom. The van der Waals surface area contributed by atoms with Crippen molar-refractivity contribution in [1.82, 2.24) is 4.40 Å². The van der Waals surface area contributed by atoms with Gasteiger partial charge < -0.3 is 4.40 Å². The van der Waals surface area contributed by atoms with Crippen LogP contribution in [0.2, 0.25) is 0 Å². The van der Waals surface area contributed by atoms with Crippen LogP contribution in [0.5, 0.6) is 0 Å². The molecule has 3 nitrogen and oxygen atoms in total. The van der Waals surface area contributed by atoms with Crippen LogP contribution in [-0.2, 0) is 13.5 Å². The van der Waals surface area contributed by atoms with Crippen LogP contribution in [0.3, 0.4) is 0 Å². The van der Waals surface area contributed by atoms with Crippen LogP contribution in [0.25, 0.3) is 59.8 Å². The molecule has 0 aliphatic rings. The third kappa shape index (κ3) is 2.84. The Balaban J connectivity index is 1.95. The molecule has 0 atom stereocenters. The van der Waals surface area contributed by atoms with Crippen molar-refractivity contribution in [2.75, 3.05) is 0 Å². The minimum absolute atomic E-state index is 0.103. The Bertz CT molecular complexity index is 2130. The van der Waals surface area contributed by atoms with Crippen molar-refractivity contribution < 1.29 is 4.57 Å². The number of nitrogens with zero attached hydrogens (tertiary/aromatic N) is 3. The summed E-state index contributed by atoms with van der Waals surface area (Å²) >= 11 is 0. The SMILES string of the molecule is Cc1ccc2c(CC(C)(C)C)c3c(c(C)c2c1)c1c2c(ccc4c5c(C#N)cccc5n3c42)cc[n+]1C. The average Bonchev–Trinajstić information content (AvgIpc) is 3.21. The summed E-state index contributed by atoms with van der Waals surface area (Å²) in [5.74, 6) is 0. The first-order chi connectivity index (χ1) is 17.7. The zero-order chi connectivity index (χ0) is 25.8. The van der Waals surface area contributed by atoms with E-state index in [-0.39, 0.29) is 5.41 Å². The van der Waals surface area contributed by atoms with Gasteiger partial charge in [0.2, 0.25) is 5.52 Å². The maximum Gasteiger partial charge on any atom is 0.224 e. The van der Waals surface area contributed by atoms with Gasteiger partial charge in [-0.1, -0.05) is 62.7 Å². The van der Waals surface area contributed by atoms with E-state index in [0.29, 0.717) is 0 Å². The van der Waals surface area contributed by atoms with E-state index in [2.05, 4.69) is 105 Å². The van der Waals surface area contributed by atoms with Gasteiger partial charge in [0.15, 0.2) is 6.20 Å². The molecular weight excluding hydrogens is 450 g/mol. The first kappa shape index (κ1) is 22.1. The number of aromatic nitrogens is 2. The fourth-order valence-corrected chi connectivity index (χ4v) is 6.70. The predicted molar refractivity (Wildman–Crippen MR) is 155 cm³/mol. The minimum atomic E-state index is 0.103. The summed E-state index contributed by atoms with van der Waals surface area (Å²) in [4.78, 5) is 0. The summed E-state index contributed by atoms with van der Waals surface area (Å²) in [5, 5.41) is 18.8. The highest BCUT2D eigenvalue weighted by Crippen LogP contribution is 2.45. The van der Waals surface area contributed by atoms with Crippen LogP contribution in [-0.4, -0.2) is 4.40 Å².